The van der Waals surface area contributed by atoms with Gasteiger partial charge in [0.1, 0.15) is 11.6 Å². The number of piperazine rings is 1. The number of carbonyl (C=O) groups excluding carboxylic acids is 1. The first-order valence-electron chi connectivity index (χ1n) is 11.3. The van der Waals surface area contributed by atoms with Crippen molar-refractivity contribution in [1.82, 2.24) is 19.8 Å². The zero-order chi connectivity index (χ0) is 23.5. The summed E-state index contributed by atoms with van der Waals surface area (Å²) in [5.41, 5.74) is 3.63. The molecule has 34 heavy (non-hydrogen) atoms. The third-order valence-corrected chi connectivity index (χ3v) is 6.24. The Morgan fingerprint density at radius 3 is 2.53 bits per heavy atom. The third kappa shape index (κ3) is 4.66. The van der Waals surface area contributed by atoms with Crippen molar-refractivity contribution < 1.29 is 14.3 Å². The van der Waals surface area contributed by atoms with Gasteiger partial charge in [0.2, 0.25) is 0 Å². The molecule has 1 aromatic heterocycles. The largest absolute Gasteiger partial charge is 0.508 e. The highest BCUT2D eigenvalue weighted by molar-refractivity contribution is 5.76. The van der Waals surface area contributed by atoms with Gasteiger partial charge in [0.15, 0.2) is 0 Å². The molecule has 5 rings (SSSR count). The number of hydrogen-bond acceptors (Lipinski definition) is 4. The maximum Gasteiger partial charge on any atom is 0.318 e. The Balaban J connectivity index is 1.30. The molecule has 1 saturated heterocycles. The number of aromatic hydroxyl groups is 1. The summed E-state index contributed by atoms with van der Waals surface area (Å²) in [6.07, 6.45) is 1.77. The fraction of sp³-hybridized carbons (Fsp3) is 0.231. The maximum atomic E-state index is 13.6. The van der Waals surface area contributed by atoms with Gasteiger partial charge >= 0.3 is 6.03 Å². The van der Waals surface area contributed by atoms with E-state index in [4.69, 9.17) is 0 Å². The molecule has 1 unspecified atom stereocenters. The van der Waals surface area contributed by atoms with Crippen LogP contribution >= 0.6 is 0 Å². The molecule has 2 heterocycles. The number of phenols is 1. The van der Waals surface area contributed by atoms with E-state index in [0.717, 1.165) is 22.3 Å². The monoisotopic (exact) mass is 459 g/mol. The van der Waals surface area contributed by atoms with E-state index in [1.165, 1.54) is 12.1 Å². The number of urea groups is 1. The number of para-hydroxylation sites is 2. The number of phenolic OH excluding ortho intramolecular Hbond substituents is 1. The lowest BCUT2D eigenvalue weighted by Gasteiger charge is -2.37. The predicted molar refractivity (Wildman–Crippen MR) is 129 cm³/mol. The van der Waals surface area contributed by atoms with Gasteiger partial charge in [-0.2, -0.15) is 0 Å². The summed E-state index contributed by atoms with van der Waals surface area (Å²) in [5.74, 6) is -0.0863. The van der Waals surface area contributed by atoms with Crippen molar-refractivity contribution in [3.05, 3.63) is 90.5 Å². The van der Waals surface area contributed by atoms with E-state index in [2.05, 4.69) is 15.2 Å². The van der Waals surface area contributed by atoms with Gasteiger partial charge in [0.25, 0.3) is 0 Å². The highest BCUT2D eigenvalue weighted by Crippen LogP contribution is 2.23. The second-order valence-corrected chi connectivity index (χ2v) is 8.43. The summed E-state index contributed by atoms with van der Waals surface area (Å²) < 4.78 is 15.6. The fourth-order valence-corrected chi connectivity index (χ4v) is 4.38. The fourth-order valence-electron chi connectivity index (χ4n) is 4.38. The van der Waals surface area contributed by atoms with Crippen molar-refractivity contribution in [2.45, 2.75) is 12.6 Å². The SMILES string of the molecule is O=C(NC(Cn1cnc2ccccc21)c1ccc(F)cc1)N1CCN(c2cccc(O)c2)CC1. The quantitative estimate of drug-likeness (QED) is 0.470. The van der Waals surface area contributed by atoms with Crippen LogP contribution in [0.2, 0.25) is 0 Å². The number of fused-ring (bicyclic) bond motifs is 1. The highest BCUT2D eigenvalue weighted by atomic mass is 19.1. The Labute approximate surface area is 197 Å². The van der Waals surface area contributed by atoms with E-state index in [1.807, 2.05) is 41.0 Å². The summed E-state index contributed by atoms with van der Waals surface area (Å²) in [6.45, 7) is 2.94. The summed E-state index contributed by atoms with van der Waals surface area (Å²) in [4.78, 5) is 21.6. The highest BCUT2D eigenvalue weighted by Gasteiger charge is 2.24. The van der Waals surface area contributed by atoms with E-state index in [1.54, 1.807) is 35.5 Å². The molecule has 2 amide bonds. The van der Waals surface area contributed by atoms with Crippen LogP contribution in [0.15, 0.2) is 79.1 Å². The number of carbonyl (C=O) groups is 1. The summed E-state index contributed by atoms with van der Waals surface area (Å²) in [5, 5.41) is 12.9. The van der Waals surface area contributed by atoms with Gasteiger partial charge in [-0.3, -0.25) is 0 Å². The molecule has 1 aliphatic rings. The van der Waals surface area contributed by atoms with E-state index in [0.29, 0.717) is 32.7 Å². The number of aromatic nitrogens is 2. The van der Waals surface area contributed by atoms with Gasteiger partial charge in [-0.25, -0.2) is 14.2 Å². The van der Waals surface area contributed by atoms with Crippen LogP contribution in [-0.2, 0) is 6.54 Å². The number of nitrogens with zero attached hydrogens (tertiary/aromatic N) is 4. The molecule has 4 aromatic rings. The van der Waals surface area contributed by atoms with Crippen molar-refractivity contribution in [2.24, 2.45) is 0 Å². The van der Waals surface area contributed by atoms with E-state index < -0.39 is 0 Å². The first kappa shape index (κ1) is 21.8. The number of hydrogen-bond donors (Lipinski definition) is 2. The minimum absolute atomic E-state index is 0.158. The van der Waals surface area contributed by atoms with Crippen LogP contribution in [0.3, 0.4) is 0 Å². The molecule has 0 aliphatic carbocycles. The zero-order valence-corrected chi connectivity index (χ0v) is 18.6. The van der Waals surface area contributed by atoms with Gasteiger partial charge in [-0.05, 0) is 42.0 Å². The van der Waals surface area contributed by atoms with Crippen LogP contribution in [0.25, 0.3) is 11.0 Å². The normalized spacial score (nSPS) is 14.9. The Morgan fingerprint density at radius 1 is 1.00 bits per heavy atom. The second kappa shape index (κ2) is 9.43. The van der Waals surface area contributed by atoms with Crippen molar-refractivity contribution >= 4 is 22.8 Å². The smallest absolute Gasteiger partial charge is 0.318 e. The number of rotatable bonds is 5. The molecule has 0 radical (unpaired) electrons. The minimum Gasteiger partial charge on any atom is -0.508 e. The molecule has 0 spiro atoms. The van der Waals surface area contributed by atoms with E-state index in [-0.39, 0.29) is 23.6 Å². The molecule has 7 nitrogen and oxygen atoms in total. The molecule has 8 heteroatoms. The van der Waals surface area contributed by atoms with Crippen molar-refractivity contribution in [3.63, 3.8) is 0 Å². The molecular formula is C26H26FN5O2. The first-order valence-corrected chi connectivity index (χ1v) is 11.3. The number of benzene rings is 3. The lowest BCUT2D eigenvalue weighted by molar-refractivity contribution is 0.189. The Bertz CT molecular complexity index is 1280. The summed E-state index contributed by atoms with van der Waals surface area (Å²) in [6, 6.07) is 20.7. The summed E-state index contributed by atoms with van der Waals surface area (Å²) >= 11 is 0. The average Bonchev–Trinajstić information content (AvgIpc) is 3.27. The maximum absolute atomic E-state index is 13.6. The van der Waals surface area contributed by atoms with Gasteiger partial charge in [-0.1, -0.05) is 30.3 Å². The van der Waals surface area contributed by atoms with E-state index >= 15 is 0 Å². The molecule has 2 N–H and O–H groups in total. The van der Waals surface area contributed by atoms with Crippen molar-refractivity contribution in [2.75, 3.05) is 31.1 Å². The van der Waals surface area contributed by atoms with Crippen LogP contribution in [0.1, 0.15) is 11.6 Å². The molecule has 3 aromatic carbocycles. The molecule has 174 valence electrons. The van der Waals surface area contributed by atoms with Gasteiger partial charge in [0, 0.05) is 44.5 Å². The molecule has 0 bridgehead atoms. The number of imidazole rings is 1. The van der Waals surface area contributed by atoms with Gasteiger partial charge in [0.05, 0.1) is 23.4 Å². The zero-order valence-electron chi connectivity index (χ0n) is 18.6. The van der Waals surface area contributed by atoms with Crippen molar-refractivity contribution in [1.29, 1.82) is 0 Å². The molecule has 1 aliphatic heterocycles. The molecule has 0 saturated carbocycles. The third-order valence-electron chi connectivity index (χ3n) is 6.24. The van der Waals surface area contributed by atoms with Gasteiger partial charge < -0.3 is 24.8 Å². The Kier molecular flexibility index (Phi) is 6.03. The van der Waals surface area contributed by atoms with Crippen LogP contribution in [-0.4, -0.2) is 51.8 Å². The summed E-state index contributed by atoms with van der Waals surface area (Å²) in [7, 11) is 0. The molecular weight excluding hydrogens is 433 g/mol. The number of amides is 2. The average molecular weight is 460 g/mol. The van der Waals surface area contributed by atoms with Crippen LogP contribution in [0.4, 0.5) is 14.9 Å². The van der Waals surface area contributed by atoms with E-state index in [9.17, 15) is 14.3 Å². The number of anilines is 1. The molecule has 1 fully saturated rings. The van der Waals surface area contributed by atoms with Gasteiger partial charge in [-0.15, -0.1) is 0 Å². The predicted octanol–water partition coefficient (Wildman–Crippen LogP) is 4.15. The first-order chi connectivity index (χ1) is 16.6. The van der Waals surface area contributed by atoms with Crippen LogP contribution in [0.5, 0.6) is 5.75 Å². The molecule has 1 atom stereocenters. The Morgan fingerprint density at radius 2 is 1.76 bits per heavy atom. The number of halogens is 1. The topological polar surface area (TPSA) is 73.6 Å². The lowest BCUT2D eigenvalue weighted by Crippen LogP contribution is -2.52. The Hall–Kier alpha value is -4.07. The van der Waals surface area contributed by atoms with Crippen LogP contribution in [0, 0.1) is 5.82 Å². The second-order valence-electron chi connectivity index (χ2n) is 8.43. The van der Waals surface area contributed by atoms with Crippen molar-refractivity contribution in [3.8, 4) is 5.75 Å². The minimum atomic E-state index is -0.352. The lowest BCUT2D eigenvalue weighted by atomic mass is 10.1. The number of nitrogens with one attached hydrogen (secondary N) is 1. The standard InChI is InChI=1S/C26H26FN5O2/c27-20-10-8-19(9-11-20)24(17-32-18-28-23-6-1-2-7-25(23)32)29-26(34)31-14-12-30(13-15-31)21-4-3-5-22(33)16-21/h1-11,16,18,24,33H,12-15,17H2,(H,29,34). The van der Waals surface area contributed by atoms with Crippen LogP contribution < -0.4 is 10.2 Å².